The van der Waals surface area contributed by atoms with Gasteiger partial charge in [-0.2, -0.15) is 0 Å². The molecule has 0 atom stereocenters. The Labute approximate surface area is 151 Å². The molecule has 0 heterocycles. The topological polar surface area (TPSA) is 77.5 Å². The van der Waals surface area contributed by atoms with Crippen LogP contribution < -0.4 is 18.9 Å². The number of rotatable bonds is 4. The standard InChI is InChI=1S/C18H22N2O6/c1-19(2)17(21)25-13-11-9-7-8-10-12(11)14(26-18(22)20(3)4)16(24-6)15(13)23-5/h7-10H,1-6H3. The van der Waals surface area contributed by atoms with Gasteiger partial charge >= 0.3 is 12.2 Å². The molecule has 0 saturated carbocycles. The van der Waals surface area contributed by atoms with Crippen LogP contribution in [-0.4, -0.2) is 64.4 Å². The molecule has 8 nitrogen and oxygen atoms in total. The summed E-state index contributed by atoms with van der Waals surface area (Å²) in [6.07, 6.45) is -1.15. The number of amides is 2. The molecule has 8 heteroatoms. The molecular weight excluding hydrogens is 340 g/mol. The Morgan fingerprint density at radius 3 is 1.31 bits per heavy atom. The molecule has 2 aromatic rings. The van der Waals surface area contributed by atoms with Crippen LogP contribution in [-0.2, 0) is 0 Å². The van der Waals surface area contributed by atoms with Gasteiger partial charge in [-0.3, -0.25) is 0 Å². The summed E-state index contributed by atoms with van der Waals surface area (Å²) in [6.45, 7) is 0. The summed E-state index contributed by atoms with van der Waals surface area (Å²) in [7, 11) is 9.11. The van der Waals surface area contributed by atoms with Crippen LogP contribution in [0.3, 0.4) is 0 Å². The van der Waals surface area contributed by atoms with Gasteiger partial charge in [-0.15, -0.1) is 0 Å². The predicted molar refractivity (Wildman–Crippen MR) is 96.5 cm³/mol. The fraction of sp³-hybridized carbons (Fsp3) is 0.333. The molecule has 0 N–H and O–H groups in total. The van der Waals surface area contributed by atoms with Crippen molar-refractivity contribution in [3.05, 3.63) is 24.3 Å². The van der Waals surface area contributed by atoms with E-state index in [2.05, 4.69) is 0 Å². The van der Waals surface area contributed by atoms with Crippen LogP contribution in [0.4, 0.5) is 9.59 Å². The van der Waals surface area contributed by atoms with Gasteiger partial charge in [0.15, 0.2) is 11.5 Å². The van der Waals surface area contributed by atoms with E-state index in [9.17, 15) is 9.59 Å². The molecule has 0 aliphatic heterocycles. The monoisotopic (exact) mass is 362 g/mol. The van der Waals surface area contributed by atoms with Crippen molar-refractivity contribution in [2.75, 3.05) is 42.4 Å². The normalized spacial score (nSPS) is 10.2. The first-order valence-electron chi connectivity index (χ1n) is 7.76. The zero-order valence-corrected chi connectivity index (χ0v) is 15.7. The number of hydrogen-bond donors (Lipinski definition) is 0. The van der Waals surface area contributed by atoms with Gasteiger partial charge in [0.2, 0.25) is 11.5 Å². The molecule has 2 amide bonds. The van der Waals surface area contributed by atoms with Crippen LogP contribution >= 0.6 is 0 Å². The summed E-state index contributed by atoms with van der Waals surface area (Å²) >= 11 is 0. The minimum absolute atomic E-state index is 0.156. The van der Waals surface area contributed by atoms with Gasteiger partial charge in [0.05, 0.1) is 14.2 Å². The van der Waals surface area contributed by atoms with Crippen LogP contribution in [0, 0.1) is 0 Å². The van der Waals surface area contributed by atoms with Crippen LogP contribution in [0.1, 0.15) is 0 Å². The molecule has 26 heavy (non-hydrogen) atoms. The predicted octanol–water partition coefficient (Wildman–Crippen LogP) is 2.98. The molecule has 0 saturated heterocycles. The molecular formula is C18H22N2O6. The third-order valence-electron chi connectivity index (χ3n) is 3.55. The Morgan fingerprint density at radius 1 is 0.692 bits per heavy atom. The maximum absolute atomic E-state index is 12.1. The number of fused-ring (bicyclic) bond motifs is 1. The Hall–Kier alpha value is -3.16. The average Bonchev–Trinajstić information content (AvgIpc) is 2.62. The van der Waals surface area contributed by atoms with E-state index in [4.69, 9.17) is 18.9 Å². The van der Waals surface area contributed by atoms with Crippen LogP contribution in [0.15, 0.2) is 24.3 Å². The van der Waals surface area contributed by atoms with Crippen molar-refractivity contribution in [2.45, 2.75) is 0 Å². The lowest BCUT2D eigenvalue weighted by Gasteiger charge is -2.21. The second-order valence-corrected chi connectivity index (χ2v) is 5.80. The Kier molecular flexibility index (Phi) is 5.76. The largest absolute Gasteiger partial charge is 0.490 e. The zero-order chi connectivity index (χ0) is 19.4. The van der Waals surface area contributed by atoms with Crippen molar-refractivity contribution in [1.29, 1.82) is 0 Å². The van der Waals surface area contributed by atoms with Crippen molar-refractivity contribution in [1.82, 2.24) is 9.80 Å². The molecule has 0 fully saturated rings. The molecule has 0 bridgehead atoms. The fourth-order valence-electron chi connectivity index (χ4n) is 2.26. The highest BCUT2D eigenvalue weighted by Crippen LogP contribution is 2.51. The van der Waals surface area contributed by atoms with E-state index in [0.717, 1.165) is 0 Å². The highest BCUT2D eigenvalue weighted by molar-refractivity contribution is 6.01. The number of ether oxygens (including phenoxy) is 4. The lowest BCUT2D eigenvalue weighted by Crippen LogP contribution is -2.26. The molecule has 0 unspecified atom stereocenters. The average molecular weight is 362 g/mol. The Bertz CT molecular complexity index is 764. The Morgan fingerprint density at radius 2 is 1.04 bits per heavy atom. The first-order valence-corrected chi connectivity index (χ1v) is 7.76. The van der Waals surface area contributed by atoms with Gasteiger partial charge in [-0.05, 0) is 0 Å². The highest BCUT2D eigenvalue weighted by Gasteiger charge is 2.27. The highest BCUT2D eigenvalue weighted by atomic mass is 16.6. The first-order chi connectivity index (χ1) is 12.3. The third-order valence-corrected chi connectivity index (χ3v) is 3.55. The van der Waals surface area contributed by atoms with Gasteiger partial charge < -0.3 is 28.7 Å². The molecule has 0 radical (unpaired) electrons. The van der Waals surface area contributed by atoms with E-state index in [-0.39, 0.29) is 23.0 Å². The second-order valence-electron chi connectivity index (χ2n) is 5.80. The molecule has 2 aromatic carbocycles. The summed E-state index contributed by atoms with van der Waals surface area (Å²) in [4.78, 5) is 26.8. The number of carbonyl (C=O) groups excluding carboxylic acids is 2. The SMILES string of the molecule is COc1c(OC)c(OC(=O)N(C)C)c2ccccc2c1OC(=O)N(C)C. The number of hydrogen-bond acceptors (Lipinski definition) is 6. The van der Waals surface area contributed by atoms with Gasteiger partial charge in [0, 0.05) is 39.0 Å². The van der Waals surface area contributed by atoms with Crippen LogP contribution in [0.25, 0.3) is 10.8 Å². The first kappa shape index (κ1) is 19.2. The maximum Gasteiger partial charge on any atom is 0.414 e. The third kappa shape index (κ3) is 3.58. The van der Waals surface area contributed by atoms with Crippen LogP contribution in [0.5, 0.6) is 23.0 Å². The van der Waals surface area contributed by atoms with E-state index in [1.54, 1.807) is 52.5 Å². The van der Waals surface area contributed by atoms with Gasteiger partial charge in [-0.25, -0.2) is 9.59 Å². The van der Waals surface area contributed by atoms with E-state index < -0.39 is 12.2 Å². The van der Waals surface area contributed by atoms with Crippen molar-refractivity contribution >= 4 is 23.0 Å². The molecule has 0 aliphatic rings. The lowest BCUT2D eigenvalue weighted by molar-refractivity contribution is 0.167. The summed E-state index contributed by atoms with van der Waals surface area (Å²) in [5.74, 6) is 0.678. The quantitative estimate of drug-likeness (QED) is 0.832. The summed E-state index contributed by atoms with van der Waals surface area (Å²) in [5, 5.41) is 1.09. The minimum atomic E-state index is -0.575. The fourth-order valence-corrected chi connectivity index (χ4v) is 2.26. The number of nitrogens with zero attached hydrogens (tertiary/aromatic N) is 2. The maximum atomic E-state index is 12.1. The smallest absolute Gasteiger partial charge is 0.414 e. The van der Waals surface area contributed by atoms with E-state index >= 15 is 0 Å². The molecule has 0 aromatic heterocycles. The van der Waals surface area contributed by atoms with E-state index in [0.29, 0.717) is 10.8 Å². The van der Waals surface area contributed by atoms with Gasteiger partial charge in [-0.1, -0.05) is 24.3 Å². The lowest BCUT2D eigenvalue weighted by atomic mass is 10.1. The Balaban J connectivity index is 2.77. The second kappa shape index (κ2) is 7.81. The van der Waals surface area contributed by atoms with Crippen molar-refractivity contribution in [3.63, 3.8) is 0 Å². The molecule has 0 aliphatic carbocycles. The number of benzene rings is 2. The van der Waals surface area contributed by atoms with Crippen molar-refractivity contribution in [3.8, 4) is 23.0 Å². The van der Waals surface area contributed by atoms with Gasteiger partial charge in [0.25, 0.3) is 0 Å². The van der Waals surface area contributed by atoms with Gasteiger partial charge in [0.1, 0.15) is 0 Å². The van der Waals surface area contributed by atoms with Crippen molar-refractivity contribution < 1.29 is 28.5 Å². The zero-order valence-electron chi connectivity index (χ0n) is 15.7. The van der Waals surface area contributed by atoms with E-state index in [1.807, 2.05) is 0 Å². The summed E-state index contributed by atoms with van der Waals surface area (Å²) < 4.78 is 21.8. The van der Waals surface area contributed by atoms with Crippen molar-refractivity contribution in [2.24, 2.45) is 0 Å². The molecule has 140 valence electrons. The number of carbonyl (C=O) groups is 2. The molecule has 2 rings (SSSR count). The minimum Gasteiger partial charge on any atom is -0.490 e. The summed E-state index contributed by atoms with van der Waals surface area (Å²) in [6, 6.07) is 7.03. The summed E-state index contributed by atoms with van der Waals surface area (Å²) in [5.41, 5.74) is 0. The number of methoxy groups -OCH3 is 2. The van der Waals surface area contributed by atoms with E-state index in [1.165, 1.54) is 24.0 Å². The van der Waals surface area contributed by atoms with Crippen LogP contribution in [0.2, 0.25) is 0 Å². The molecule has 0 spiro atoms.